The number of nitrogens with zero attached hydrogens (tertiary/aromatic N) is 1. The Kier molecular flexibility index (Phi) is 5.31. The molecule has 0 aliphatic carbocycles. The fourth-order valence-corrected chi connectivity index (χ4v) is 2.32. The lowest BCUT2D eigenvalue weighted by atomic mass is 10.2. The van der Waals surface area contributed by atoms with E-state index < -0.39 is 0 Å². The van der Waals surface area contributed by atoms with Gasteiger partial charge >= 0.3 is 6.09 Å². The zero-order valence-electron chi connectivity index (χ0n) is 13.8. The molecule has 23 heavy (non-hydrogen) atoms. The van der Waals surface area contributed by atoms with Gasteiger partial charge in [-0.1, -0.05) is 0 Å². The third-order valence-electron chi connectivity index (χ3n) is 3.63. The molecule has 0 bridgehead atoms. The molecule has 0 aromatic heterocycles. The van der Waals surface area contributed by atoms with E-state index in [9.17, 15) is 9.59 Å². The van der Waals surface area contributed by atoms with Gasteiger partial charge in [0.25, 0.3) is 5.91 Å². The van der Waals surface area contributed by atoms with Gasteiger partial charge in [0.1, 0.15) is 17.6 Å². The number of nitrogens with one attached hydrogen (secondary N) is 1. The molecule has 1 atom stereocenters. The summed E-state index contributed by atoms with van der Waals surface area (Å²) in [4.78, 5) is 25.6. The molecule has 0 saturated carbocycles. The third kappa shape index (κ3) is 4.06. The Bertz CT molecular complexity index is 566. The van der Waals surface area contributed by atoms with E-state index >= 15 is 0 Å². The molecule has 1 aliphatic heterocycles. The first-order valence-corrected chi connectivity index (χ1v) is 7.43. The average molecular weight is 322 g/mol. The first-order valence-electron chi connectivity index (χ1n) is 7.43. The Morgan fingerprint density at radius 2 is 1.91 bits per heavy atom. The van der Waals surface area contributed by atoms with Crippen LogP contribution >= 0.6 is 0 Å². The van der Waals surface area contributed by atoms with Crippen LogP contribution < -0.4 is 14.8 Å². The van der Waals surface area contributed by atoms with E-state index in [1.54, 1.807) is 23.1 Å². The summed E-state index contributed by atoms with van der Waals surface area (Å²) in [5.74, 6) is 0.793. The highest BCUT2D eigenvalue weighted by Gasteiger charge is 2.32. The van der Waals surface area contributed by atoms with Gasteiger partial charge in [-0.15, -0.1) is 0 Å². The molecule has 1 aromatic rings. The van der Waals surface area contributed by atoms with Crippen molar-refractivity contribution in [3.05, 3.63) is 23.8 Å². The van der Waals surface area contributed by atoms with Crippen LogP contribution in [0.25, 0.3) is 0 Å². The minimum atomic E-state index is -0.346. The van der Waals surface area contributed by atoms with Crippen molar-refractivity contribution in [3.63, 3.8) is 0 Å². The van der Waals surface area contributed by atoms with Gasteiger partial charge in [-0.25, -0.2) is 4.79 Å². The highest BCUT2D eigenvalue weighted by Crippen LogP contribution is 2.22. The molecule has 1 fully saturated rings. The number of ether oxygens (including phenoxy) is 3. The highest BCUT2D eigenvalue weighted by atomic mass is 16.6. The number of hydrogen-bond donors (Lipinski definition) is 1. The summed E-state index contributed by atoms with van der Waals surface area (Å²) in [7, 11) is 3.05. The second-order valence-electron chi connectivity index (χ2n) is 5.56. The van der Waals surface area contributed by atoms with E-state index in [1.807, 2.05) is 13.8 Å². The Hall–Kier alpha value is -2.44. The van der Waals surface area contributed by atoms with Crippen LogP contribution in [-0.4, -0.2) is 56.4 Å². The van der Waals surface area contributed by atoms with Crippen LogP contribution in [0.4, 0.5) is 4.79 Å². The minimum absolute atomic E-state index is 0.0749. The molecule has 1 aromatic carbocycles. The SMILES string of the molecule is COc1cc(OC)cc(C(=O)NCC2CN(C(C)C)C(=O)O2)c1. The molecule has 1 unspecified atom stereocenters. The van der Waals surface area contributed by atoms with Gasteiger partial charge in [-0.05, 0) is 26.0 Å². The maximum Gasteiger partial charge on any atom is 0.410 e. The van der Waals surface area contributed by atoms with Crippen molar-refractivity contribution in [2.24, 2.45) is 0 Å². The van der Waals surface area contributed by atoms with Gasteiger partial charge in [0, 0.05) is 17.7 Å². The summed E-state index contributed by atoms with van der Waals surface area (Å²) in [6.07, 6.45) is -0.691. The fourth-order valence-electron chi connectivity index (χ4n) is 2.32. The zero-order valence-corrected chi connectivity index (χ0v) is 13.8. The van der Waals surface area contributed by atoms with Crippen molar-refractivity contribution in [2.75, 3.05) is 27.3 Å². The summed E-state index contributed by atoms with van der Waals surface area (Å²) >= 11 is 0. The molecule has 126 valence electrons. The van der Waals surface area contributed by atoms with Gasteiger partial charge in [0.2, 0.25) is 0 Å². The number of cyclic esters (lactones) is 1. The quantitative estimate of drug-likeness (QED) is 0.862. The summed E-state index contributed by atoms with van der Waals surface area (Å²) in [6, 6.07) is 5.01. The number of methoxy groups -OCH3 is 2. The number of benzene rings is 1. The van der Waals surface area contributed by atoms with Crippen LogP contribution in [0.5, 0.6) is 11.5 Å². The van der Waals surface area contributed by atoms with Gasteiger partial charge in [0.05, 0.1) is 27.3 Å². The molecule has 0 spiro atoms. The smallest absolute Gasteiger partial charge is 0.410 e. The van der Waals surface area contributed by atoms with Gasteiger partial charge in [-0.3, -0.25) is 4.79 Å². The number of rotatable bonds is 6. The minimum Gasteiger partial charge on any atom is -0.497 e. The standard InChI is InChI=1S/C16H22N2O5/c1-10(2)18-9-14(23-16(18)20)8-17-15(19)11-5-12(21-3)7-13(6-11)22-4/h5-7,10,14H,8-9H2,1-4H3,(H,17,19). The number of amides is 2. The van der Waals surface area contributed by atoms with Crippen molar-refractivity contribution < 1.29 is 23.8 Å². The molecular formula is C16H22N2O5. The fraction of sp³-hybridized carbons (Fsp3) is 0.500. The highest BCUT2D eigenvalue weighted by molar-refractivity contribution is 5.95. The summed E-state index contributed by atoms with van der Waals surface area (Å²) < 4.78 is 15.5. The van der Waals surface area contributed by atoms with Crippen molar-refractivity contribution in [2.45, 2.75) is 26.0 Å². The molecular weight excluding hydrogens is 300 g/mol. The second kappa shape index (κ2) is 7.21. The molecule has 2 amide bonds. The molecule has 1 heterocycles. The Labute approximate surface area is 135 Å². The Balaban J connectivity index is 1.96. The molecule has 2 rings (SSSR count). The number of carbonyl (C=O) groups is 2. The molecule has 7 nitrogen and oxygen atoms in total. The summed E-state index contributed by atoms with van der Waals surface area (Å²) in [5, 5.41) is 2.77. The van der Waals surface area contributed by atoms with Crippen molar-refractivity contribution in [3.8, 4) is 11.5 Å². The van der Waals surface area contributed by atoms with Gasteiger partial charge in [0.15, 0.2) is 0 Å². The normalized spacial score (nSPS) is 17.2. The summed E-state index contributed by atoms with van der Waals surface area (Å²) in [6.45, 7) is 4.57. The van der Waals surface area contributed by atoms with Crippen molar-refractivity contribution in [1.82, 2.24) is 10.2 Å². The number of hydrogen-bond acceptors (Lipinski definition) is 5. The third-order valence-corrected chi connectivity index (χ3v) is 3.63. The van der Waals surface area contributed by atoms with E-state index in [0.29, 0.717) is 23.6 Å². The lowest BCUT2D eigenvalue weighted by Gasteiger charge is -2.17. The summed E-state index contributed by atoms with van der Waals surface area (Å²) in [5.41, 5.74) is 0.422. The van der Waals surface area contributed by atoms with Crippen LogP contribution in [-0.2, 0) is 4.74 Å². The van der Waals surface area contributed by atoms with Crippen LogP contribution in [0.2, 0.25) is 0 Å². The van der Waals surface area contributed by atoms with Gasteiger partial charge in [-0.2, -0.15) is 0 Å². The monoisotopic (exact) mass is 322 g/mol. The second-order valence-corrected chi connectivity index (χ2v) is 5.56. The molecule has 1 aliphatic rings. The Morgan fingerprint density at radius 3 is 2.39 bits per heavy atom. The van der Waals surface area contributed by atoms with E-state index in [2.05, 4.69) is 5.32 Å². The molecule has 0 radical (unpaired) electrons. The predicted octanol–water partition coefficient (Wildman–Crippen LogP) is 1.66. The molecule has 1 N–H and O–H groups in total. The van der Waals surface area contributed by atoms with Crippen LogP contribution in [0.3, 0.4) is 0 Å². The first-order chi connectivity index (χ1) is 10.9. The van der Waals surface area contributed by atoms with Gasteiger partial charge < -0.3 is 24.4 Å². The Morgan fingerprint density at radius 1 is 1.30 bits per heavy atom. The van der Waals surface area contributed by atoms with Crippen LogP contribution in [0.15, 0.2) is 18.2 Å². The van der Waals surface area contributed by atoms with E-state index in [4.69, 9.17) is 14.2 Å². The van der Waals surface area contributed by atoms with Crippen molar-refractivity contribution in [1.29, 1.82) is 0 Å². The zero-order chi connectivity index (χ0) is 17.0. The predicted molar refractivity (Wildman–Crippen MR) is 84.0 cm³/mol. The molecule has 1 saturated heterocycles. The van der Waals surface area contributed by atoms with Crippen LogP contribution in [0.1, 0.15) is 24.2 Å². The topological polar surface area (TPSA) is 77.1 Å². The first kappa shape index (κ1) is 16.9. The van der Waals surface area contributed by atoms with Crippen LogP contribution in [0, 0.1) is 0 Å². The maximum atomic E-state index is 12.3. The molecule has 7 heteroatoms. The van der Waals surface area contributed by atoms with E-state index in [1.165, 1.54) is 14.2 Å². The lowest BCUT2D eigenvalue weighted by Crippen LogP contribution is -2.36. The van der Waals surface area contributed by atoms with E-state index in [-0.39, 0.29) is 30.7 Å². The van der Waals surface area contributed by atoms with E-state index in [0.717, 1.165) is 0 Å². The number of carbonyl (C=O) groups excluding carboxylic acids is 2. The van der Waals surface area contributed by atoms with Crippen molar-refractivity contribution >= 4 is 12.0 Å². The average Bonchev–Trinajstić information content (AvgIpc) is 2.93. The lowest BCUT2D eigenvalue weighted by molar-refractivity contribution is 0.0913. The largest absolute Gasteiger partial charge is 0.497 e. The maximum absolute atomic E-state index is 12.3.